The minimum Gasteiger partial charge on any atom is -0.378 e. The molecule has 67 heavy (non-hydrogen) atoms. The zero-order chi connectivity index (χ0) is 50.1. The first-order valence-electron chi connectivity index (χ1n) is 27.8. The van der Waals surface area contributed by atoms with Crippen molar-refractivity contribution < 1.29 is 38.9 Å². The molecule has 0 aromatic rings. The van der Waals surface area contributed by atoms with Gasteiger partial charge in [0.15, 0.2) is 0 Å². The molecule has 13 nitrogen and oxygen atoms in total. The topological polar surface area (TPSA) is 96.0 Å². The van der Waals surface area contributed by atoms with E-state index in [1.54, 1.807) is 42.7 Å². The summed E-state index contributed by atoms with van der Waals surface area (Å²) in [6, 6.07) is 2.47. The van der Waals surface area contributed by atoms with Crippen LogP contribution in [0.5, 0.6) is 0 Å². The van der Waals surface area contributed by atoms with Crippen molar-refractivity contribution in [2.75, 3.05) is 121 Å². The van der Waals surface area contributed by atoms with Gasteiger partial charge >= 0.3 is 35.2 Å². The van der Waals surface area contributed by atoms with Gasteiger partial charge in [-0.25, -0.2) is 0 Å². The molecule has 0 rings (SSSR count). The fraction of sp³-hybridized carbons (Fsp3) is 1.00. The Balaban J connectivity index is 7.44. The van der Waals surface area contributed by atoms with Gasteiger partial charge in [0.05, 0.1) is 0 Å². The normalized spacial score (nSPS) is 14.6. The van der Waals surface area contributed by atoms with Gasteiger partial charge < -0.3 is 58.5 Å². The van der Waals surface area contributed by atoms with Gasteiger partial charge in [-0.3, -0.25) is 0 Å². The molecule has 2 atom stereocenters. The molecule has 0 spiro atoms. The van der Waals surface area contributed by atoms with E-state index in [9.17, 15) is 0 Å². The molecule has 0 N–H and O–H groups in total. The minimum atomic E-state index is -3.70. The highest BCUT2D eigenvalue weighted by Crippen LogP contribution is 2.35. The van der Waals surface area contributed by atoms with E-state index in [-0.39, 0.29) is 0 Å². The molecule has 0 aromatic heterocycles. The van der Waals surface area contributed by atoms with Gasteiger partial charge in [-0.15, -0.1) is 0 Å². The fourth-order valence-electron chi connectivity index (χ4n) is 8.64. The molecule has 0 fully saturated rings. The molecule has 404 valence electrons. The van der Waals surface area contributed by atoms with Crippen LogP contribution in [-0.4, -0.2) is 176 Å². The third kappa shape index (κ3) is 29.6. The second-order valence-electron chi connectivity index (χ2n) is 18.9. The van der Waals surface area contributed by atoms with Crippen molar-refractivity contribution in [3.63, 3.8) is 0 Å². The van der Waals surface area contributed by atoms with E-state index in [1.165, 1.54) is 103 Å². The summed E-state index contributed by atoms with van der Waals surface area (Å²) in [5.41, 5.74) is 0. The maximum absolute atomic E-state index is 7.68. The number of rotatable bonds is 52. The largest absolute Gasteiger partial charge is 0.493 e. The van der Waals surface area contributed by atoms with Crippen LogP contribution in [0.15, 0.2) is 0 Å². The van der Waals surface area contributed by atoms with Crippen LogP contribution in [0.25, 0.3) is 0 Å². The monoisotopic (exact) mass is 1030 g/mol. The van der Waals surface area contributed by atoms with E-state index in [0.29, 0.717) is 24.2 Å². The van der Waals surface area contributed by atoms with Gasteiger partial charge in [0, 0.05) is 66.8 Å². The van der Waals surface area contributed by atoms with Crippen molar-refractivity contribution in [3.8, 4) is 0 Å². The van der Waals surface area contributed by atoms with Gasteiger partial charge in [0.25, 0.3) is 0 Å². The molecular weight excluding hydrogens is 913 g/mol. The van der Waals surface area contributed by atoms with Crippen LogP contribution in [0.4, 0.5) is 0 Å². The van der Waals surface area contributed by atoms with E-state index in [1.807, 2.05) is 0 Å². The molecular formula is C50H114N4O9Si4. The first-order chi connectivity index (χ1) is 32.5. The predicted octanol–water partition coefficient (Wildman–Crippen LogP) is 11.8. The predicted molar refractivity (Wildman–Crippen MR) is 291 cm³/mol. The quantitative estimate of drug-likeness (QED) is 0.0542. The van der Waals surface area contributed by atoms with Crippen LogP contribution in [0, 0.1) is 0 Å². The second-order valence-corrected chi connectivity index (χ2v) is 31.2. The molecule has 0 saturated heterocycles. The van der Waals surface area contributed by atoms with Crippen LogP contribution in [0.3, 0.4) is 0 Å². The lowest BCUT2D eigenvalue weighted by Gasteiger charge is -2.43. The molecule has 0 amide bonds. The van der Waals surface area contributed by atoms with Gasteiger partial charge in [0.2, 0.25) is 0 Å². The van der Waals surface area contributed by atoms with Crippen molar-refractivity contribution in [2.45, 2.75) is 208 Å². The van der Waals surface area contributed by atoms with Crippen molar-refractivity contribution in [3.05, 3.63) is 0 Å². The second kappa shape index (κ2) is 42.8. The van der Waals surface area contributed by atoms with E-state index >= 15 is 0 Å². The Hall–Kier alpha value is 0.348. The van der Waals surface area contributed by atoms with Crippen LogP contribution >= 0.6 is 0 Å². The summed E-state index contributed by atoms with van der Waals surface area (Å²) in [6.07, 6.45) is 22.4. The summed E-state index contributed by atoms with van der Waals surface area (Å²) in [4.78, 5) is 10.4. The highest BCUT2D eigenvalue weighted by atomic mass is 28.5. The summed E-state index contributed by atoms with van der Waals surface area (Å²) >= 11 is 0. The van der Waals surface area contributed by atoms with E-state index < -0.39 is 35.2 Å². The Bertz CT molecular complexity index is 983. The summed E-state index contributed by atoms with van der Waals surface area (Å²) in [6.45, 7) is 30.7. The number of nitrogens with zero attached hydrogens (tertiary/aromatic N) is 4. The van der Waals surface area contributed by atoms with Crippen molar-refractivity contribution >= 4 is 35.2 Å². The lowest BCUT2D eigenvalue weighted by molar-refractivity contribution is 0.0591. The summed E-state index contributed by atoms with van der Waals surface area (Å²) in [7, 11) is -3.64. The van der Waals surface area contributed by atoms with Gasteiger partial charge in [-0.05, 0) is 156 Å². The summed E-state index contributed by atoms with van der Waals surface area (Å²) in [5, 5.41) is 0. The number of hydrogen-bond donors (Lipinski definition) is 0. The van der Waals surface area contributed by atoms with E-state index in [4.69, 9.17) is 38.9 Å². The molecule has 0 aliphatic carbocycles. The smallest absolute Gasteiger partial charge is 0.378 e. The molecule has 2 unspecified atom stereocenters. The van der Waals surface area contributed by atoms with Crippen molar-refractivity contribution in [1.29, 1.82) is 0 Å². The zero-order valence-electron chi connectivity index (χ0n) is 46.9. The maximum atomic E-state index is 7.68. The van der Waals surface area contributed by atoms with Crippen LogP contribution in [-0.2, 0) is 38.9 Å². The first kappa shape index (κ1) is 67.3. The minimum absolute atomic E-state index is 0.581. The Morgan fingerprint density at radius 3 is 0.537 bits per heavy atom. The number of unbranched alkanes of at least 4 members (excludes halogenated alkanes) is 8. The van der Waals surface area contributed by atoms with Gasteiger partial charge in [-0.1, -0.05) is 107 Å². The van der Waals surface area contributed by atoms with Gasteiger partial charge in [-0.2, -0.15) is 0 Å². The average Bonchev–Trinajstić information content (AvgIpc) is 3.35. The van der Waals surface area contributed by atoms with Crippen LogP contribution < -0.4 is 0 Å². The summed E-state index contributed by atoms with van der Waals surface area (Å²) < 4.78 is 62.0. The van der Waals surface area contributed by atoms with Crippen molar-refractivity contribution in [1.82, 2.24) is 19.6 Å². The Labute approximate surface area is 421 Å². The SMILES string of the molecule is CCCCN(CCCC)CCC[Si](OC)(OC)O[Si](CCCN(CCCC)CCCC)(OC)O[Si](CCCN(CCCC)CCCC)(OC)O[Si](CCCN(CCCC)CCCC)(OC)OC. The zero-order valence-corrected chi connectivity index (χ0v) is 50.9. The highest BCUT2D eigenvalue weighted by Gasteiger charge is 2.61. The standard InChI is InChI=1S/C50H114N4O9Si4/c1-15-23-35-51(36-24-16-2)43-31-47-64(55-9,56-10)61-66(59-13,49-33-45-53(39-27-19-5)40-28-20-6)63-67(60-14,50-34-46-54(41-29-21-7)42-30-22-8)62-65(57-11,58-12)48-32-44-52(37-25-17-3)38-26-18-4/h15-50H2,1-14H3. The molecule has 0 aromatic carbocycles. The first-order valence-corrected chi connectivity index (χ1v) is 35.5. The Morgan fingerprint density at radius 1 is 0.224 bits per heavy atom. The van der Waals surface area contributed by atoms with Crippen molar-refractivity contribution in [2.24, 2.45) is 0 Å². The molecule has 17 heteroatoms. The van der Waals surface area contributed by atoms with E-state index in [2.05, 4.69) is 75.0 Å². The molecule has 0 saturated carbocycles. The highest BCUT2D eigenvalue weighted by molar-refractivity contribution is 6.83. The fourth-order valence-corrected chi connectivity index (χ4v) is 24.5. The Kier molecular flexibility index (Phi) is 43.0. The van der Waals surface area contributed by atoms with E-state index in [0.717, 1.165) is 104 Å². The lowest BCUT2D eigenvalue weighted by Crippen LogP contribution is -2.66. The molecule has 0 bridgehead atoms. The molecule has 0 aliphatic rings. The third-order valence-electron chi connectivity index (χ3n) is 13.3. The number of hydrogen-bond acceptors (Lipinski definition) is 13. The molecule has 0 aliphatic heterocycles. The maximum Gasteiger partial charge on any atom is 0.493 e. The van der Waals surface area contributed by atoms with Gasteiger partial charge in [0.1, 0.15) is 0 Å². The molecule has 0 heterocycles. The summed E-state index contributed by atoms with van der Waals surface area (Å²) in [5.74, 6) is 0. The average molecular weight is 1030 g/mol. The lowest BCUT2D eigenvalue weighted by atomic mass is 10.2. The Morgan fingerprint density at radius 2 is 0.373 bits per heavy atom. The third-order valence-corrected chi connectivity index (χ3v) is 28.3. The van der Waals surface area contributed by atoms with Crippen LogP contribution in [0.2, 0.25) is 24.2 Å². The molecule has 0 radical (unpaired) electrons. The van der Waals surface area contributed by atoms with Crippen LogP contribution in [0.1, 0.15) is 184 Å².